The Bertz CT molecular complexity index is 721. The zero-order valence-electron chi connectivity index (χ0n) is 23.4. The summed E-state index contributed by atoms with van der Waals surface area (Å²) >= 11 is 0. The van der Waals surface area contributed by atoms with E-state index in [1.807, 2.05) is 26.0 Å². The van der Waals surface area contributed by atoms with E-state index in [1.165, 1.54) is 38.5 Å². The molecule has 1 unspecified atom stereocenters. The maximum Gasteiger partial charge on any atom is 0.334 e. The highest BCUT2D eigenvalue weighted by Crippen LogP contribution is 2.21. The van der Waals surface area contributed by atoms with Crippen LogP contribution < -0.4 is 10.6 Å². The summed E-state index contributed by atoms with van der Waals surface area (Å²) in [5, 5.41) is 17.0. The topological polar surface area (TPSA) is 96.9 Å². The maximum atomic E-state index is 11.6. The Morgan fingerprint density at radius 3 is 1.65 bits per heavy atom. The van der Waals surface area contributed by atoms with Crippen molar-refractivity contribution in [3.63, 3.8) is 0 Å². The van der Waals surface area contributed by atoms with Crippen LogP contribution in [0.15, 0.2) is 23.3 Å². The maximum absolute atomic E-state index is 11.6. The monoisotopic (exact) mass is 520 g/mol. The normalized spacial score (nSPS) is 20.1. The first-order valence-electron chi connectivity index (χ1n) is 14.9. The molecule has 0 aliphatic carbocycles. The first-order valence-corrected chi connectivity index (χ1v) is 14.9. The van der Waals surface area contributed by atoms with E-state index < -0.39 is 0 Å². The SMILES string of the molecule is C[C@H]1C=C(CCCCCCCCCNCCNCC(O)CCCCCCCC2=C[C@H](C)OC2=O)C(=O)O1. The predicted molar refractivity (Wildman–Crippen MR) is 148 cm³/mol. The Morgan fingerprint density at radius 2 is 1.14 bits per heavy atom. The lowest BCUT2D eigenvalue weighted by Gasteiger charge is -2.12. The molecular formula is C30H52N2O5. The molecule has 7 nitrogen and oxygen atoms in total. The van der Waals surface area contributed by atoms with Gasteiger partial charge in [-0.1, -0.05) is 57.8 Å². The molecule has 2 aliphatic rings. The van der Waals surface area contributed by atoms with Crippen LogP contribution >= 0.6 is 0 Å². The van der Waals surface area contributed by atoms with Gasteiger partial charge in [-0.05, 0) is 71.1 Å². The molecule has 0 aromatic rings. The fourth-order valence-corrected chi connectivity index (χ4v) is 4.98. The summed E-state index contributed by atoms with van der Waals surface area (Å²) < 4.78 is 10.2. The number of nitrogens with one attached hydrogen (secondary N) is 2. The van der Waals surface area contributed by atoms with Gasteiger partial charge in [0.05, 0.1) is 6.10 Å². The Balaban J connectivity index is 1.25. The number of hydrogen-bond donors (Lipinski definition) is 3. The Hall–Kier alpha value is -1.70. The van der Waals surface area contributed by atoms with Crippen LogP contribution in [0, 0.1) is 0 Å². The molecular weight excluding hydrogens is 468 g/mol. The van der Waals surface area contributed by atoms with E-state index in [4.69, 9.17) is 9.47 Å². The molecule has 3 atom stereocenters. The summed E-state index contributed by atoms with van der Waals surface area (Å²) in [5.41, 5.74) is 1.70. The minimum absolute atomic E-state index is 0.0456. The summed E-state index contributed by atoms with van der Waals surface area (Å²) in [7, 11) is 0. The summed E-state index contributed by atoms with van der Waals surface area (Å²) in [5.74, 6) is -0.264. The zero-order valence-corrected chi connectivity index (χ0v) is 23.4. The number of unbranched alkanes of at least 4 members (excludes halogenated alkanes) is 10. The van der Waals surface area contributed by atoms with Gasteiger partial charge in [0, 0.05) is 30.8 Å². The standard InChI is InChI=1S/C30H52N2O5/c1-24-21-26(29(34)36-24)15-11-7-4-3-5-10-14-18-31-19-20-32-23-28(33)17-13-9-6-8-12-16-27-22-25(2)37-30(27)35/h21-22,24-25,28,31-33H,3-20,23H2,1-2H3/t24-,25-,28?/m0/s1. The molecule has 37 heavy (non-hydrogen) atoms. The van der Waals surface area contributed by atoms with E-state index >= 15 is 0 Å². The number of esters is 2. The fourth-order valence-electron chi connectivity index (χ4n) is 4.98. The number of ether oxygens (including phenoxy) is 2. The van der Waals surface area contributed by atoms with Crippen LogP contribution in [0.3, 0.4) is 0 Å². The zero-order chi connectivity index (χ0) is 26.7. The lowest BCUT2D eigenvalue weighted by Crippen LogP contribution is -2.33. The third-order valence-electron chi connectivity index (χ3n) is 7.12. The predicted octanol–water partition coefficient (Wildman–Crippen LogP) is 5.12. The molecule has 212 valence electrons. The van der Waals surface area contributed by atoms with E-state index in [2.05, 4.69) is 10.6 Å². The summed E-state index contributed by atoms with van der Waals surface area (Å²) in [6.45, 7) is 7.34. The average Bonchev–Trinajstić information content (AvgIpc) is 3.36. The molecule has 0 radical (unpaired) electrons. The van der Waals surface area contributed by atoms with Crippen LogP contribution in [-0.4, -0.2) is 61.5 Å². The highest BCUT2D eigenvalue weighted by Gasteiger charge is 2.22. The molecule has 3 N–H and O–H groups in total. The first-order chi connectivity index (χ1) is 18.0. The number of rotatable bonds is 23. The van der Waals surface area contributed by atoms with Crippen LogP contribution in [0.25, 0.3) is 0 Å². The van der Waals surface area contributed by atoms with Crippen molar-refractivity contribution in [2.75, 3.05) is 26.2 Å². The molecule has 2 aliphatic heterocycles. The molecule has 2 heterocycles. The van der Waals surface area contributed by atoms with Gasteiger partial charge in [0.25, 0.3) is 0 Å². The van der Waals surface area contributed by atoms with Crippen molar-refractivity contribution in [3.05, 3.63) is 23.3 Å². The van der Waals surface area contributed by atoms with Crippen molar-refractivity contribution in [2.45, 2.75) is 128 Å². The Morgan fingerprint density at radius 1 is 0.676 bits per heavy atom. The van der Waals surface area contributed by atoms with Gasteiger partial charge in [0.2, 0.25) is 0 Å². The third kappa shape index (κ3) is 14.7. The van der Waals surface area contributed by atoms with Crippen LogP contribution in [0.5, 0.6) is 0 Å². The van der Waals surface area contributed by atoms with E-state index in [9.17, 15) is 14.7 Å². The van der Waals surface area contributed by atoms with E-state index in [0.717, 1.165) is 88.6 Å². The Labute approximate surface area is 224 Å². The quantitative estimate of drug-likeness (QED) is 0.127. The lowest BCUT2D eigenvalue weighted by atomic mass is 10.0. The third-order valence-corrected chi connectivity index (χ3v) is 7.12. The van der Waals surface area contributed by atoms with Gasteiger partial charge in [-0.25, -0.2) is 9.59 Å². The number of hydrogen-bond acceptors (Lipinski definition) is 7. The summed E-state index contributed by atoms with van der Waals surface area (Å²) in [6.07, 6.45) is 20.1. The molecule has 7 heteroatoms. The number of carbonyl (C=O) groups excluding carboxylic acids is 2. The smallest absolute Gasteiger partial charge is 0.334 e. The van der Waals surface area contributed by atoms with E-state index in [0.29, 0.717) is 6.54 Å². The van der Waals surface area contributed by atoms with Crippen molar-refractivity contribution < 1.29 is 24.2 Å². The van der Waals surface area contributed by atoms with Crippen molar-refractivity contribution in [2.24, 2.45) is 0 Å². The summed E-state index contributed by atoms with van der Waals surface area (Å²) in [6, 6.07) is 0. The van der Waals surface area contributed by atoms with Crippen LogP contribution in [-0.2, 0) is 19.1 Å². The highest BCUT2D eigenvalue weighted by molar-refractivity contribution is 5.91. The van der Waals surface area contributed by atoms with Crippen LogP contribution in [0.1, 0.15) is 110 Å². The number of aliphatic hydroxyl groups is 1. The lowest BCUT2D eigenvalue weighted by molar-refractivity contribution is -0.140. The number of carbonyl (C=O) groups is 2. The van der Waals surface area contributed by atoms with Gasteiger partial charge in [-0.2, -0.15) is 0 Å². The average molecular weight is 521 g/mol. The van der Waals surface area contributed by atoms with Gasteiger partial charge < -0.3 is 25.2 Å². The second-order valence-corrected chi connectivity index (χ2v) is 10.7. The largest absolute Gasteiger partial charge is 0.455 e. The molecule has 0 spiro atoms. The minimum Gasteiger partial charge on any atom is -0.455 e. The van der Waals surface area contributed by atoms with Gasteiger partial charge in [-0.3, -0.25) is 0 Å². The van der Waals surface area contributed by atoms with Crippen molar-refractivity contribution >= 4 is 11.9 Å². The van der Waals surface area contributed by atoms with Gasteiger partial charge >= 0.3 is 11.9 Å². The molecule has 0 bridgehead atoms. The molecule has 0 saturated carbocycles. The van der Waals surface area contributed by atoms with E-state index in [-0.39, 0.29) is 30.3 Å². The molecule has 2 rings (SSSR count). The molecule has 0 aromatic heterocycles. The number of cyclic esters (lactones) is 2. The van der Waals surface area contributed by atoms with Gasteiger partial charge in [0.15, 0.2) is 0 Å². The highest BCUT2D eigenvalue weighted by atomic mass is 16.6. The Kier molecular flexibility index (Phi) is 16.5. The van der Waals surface area contributed by atoms with Crippen LogP contribution in [0.2, 0.25) is 0 Å². The molecule has 0 aromatic carbocycles. The van der Waals surface area contributed by atoms with Crippen LogP contribution in [0.4, 0.5) is 0 Å². The van der Waals surface area contributed by atoms with Crippen molar-refractivity contribution in [1.82, 2.24) is 10.6 Å². The second-order valence-electron chi connectivity index (χ2n) is 10.7. The van der Waals surface area contributed by atoms with Gasteiger partial charge in [-0.15, -0.1) is 0 Å². The molecule has 0 saturated heterocycles. The van der Waals surface area contributed by atoms with E-state index in [1.54, 1.807) is 0 Å². The second kappa shape index (κ2) is 19.4. The van der Waals surface area contributed by atoms with Crippen molar-refractivity contribution in [3.8, 4) is 0 Å². The van der Waals surface area contributed by atoms with Crippen molar-refractivity contribution in [1.29, 1.82) is 0 Å². The number of aliphatic hydroxyl groups excluding tert-OH is 1. The van der Waals surface area contributed by atoms with Gasteiger partial charge in [0.1, 0.15) is 12.2 Å². The first kappa shape index (κ1) is 31.5. The minimum atomic E-state index is -0.271. The fraction of sp³-hybridized carbons (Fsp3) is 0.800. The summed E-state index contributed by atoms with van der Waals surface area (Å²) in [4.78, 5) is 23.1. The molecule has 0 amide bonds. The molecule has 0 fully saturated rings.